The number of aryl methyl sites for hydroxylation is 1. The Morgan fingerprint density at radius 3 is 2.57 bits per heavy atom. The molecule has 3 aromatic rings. The number of carbonyl (C=O) groups is 1. The first-order valence-electron chi connectivity index (χ1n) is 9.25. The number of piperazine rings is 1. The second-order valence-corrected chi connectivity index (χ2v) is 6.79. The minimum Gasteiger partial charge on any atom is -0.322 e. The lowest BCUT2D eigenvalue weighted by atomic mass is 10.2. The fourth-order valence-electron chi connectivity index (χ4n) is 3.20. The van der Waals surface area contributed by atoms with Gasteiger partial charge in [-0.05, 0) is 24.6 Å². The van der Waals surface area contributed by atoms with Gasteiger partial charge in [-0.3, -0.25) is 14.1 Å². The van der Waals surface area contributed by atoms with Gasteiger partial charge in [0.1, 0.15) is 25.3 Å². The summed E-state index contributed by atoms with van der Waals surface area (Å²) in [7, 11) is 0. The molecular formula is C18H23N9O. The molecule has 1 N–H and O–H groups in total. The Balaban J connectivity index is 1.31. The largest absolute Gasteiger partial charge is 0.322 e. The molecule has 10 heteroatoms. The number of rotatable bonds is 5. The first-order chi connectivity index (χ1) is 13.7. The molecule has 0 spiro atoms. The number of urea groups is 1. The molecule has 0 saturated carbocycles. The second-order valence-electron chi connectivity index (χ2n) is 6.79. The lowest BCUT2D eigenvalue weighted by Crippen LogP contribution is -2.50. The number of benzene rings is 1. The van der Waals surface area contributed by atoms with E-state index in [1.807, 2.05) is 39.3 Å². The molecule has 146 valence electrons. The van der Waals surface area contributed by atoms with Crippen LogP contribution in [0.25, 0.3) is 5.69 Å². The predicted octanol–water partition coefficient (Wildman–Crippen LogP) is 1.02. The van der Waals surface area contributed by atoms with Crippen molar-refractivity contribution in [2.75, 3.05) is 38.0 Å². The third kappa shape index (κ3) is 4.17. The van der Waals surface area contributed by atoms with Gasteiger partial charge >= 0.3 is 6.03 Å². The van der Waals surface area contributed by atoms with Crippen molar-refractivity contribution >= 4 is 11.7 Å². The average Bonchev–Trinajstić information content (AvgIpc) is 3.42. The second kappa shape index (κ2) is 8.17. The monoisotopic (exact) mass is 381 g/mol. The summed E-state index contributed by atoms with van der Waals surface area (Å²) in [4.78, 5) is 20.9. The van der Waals surface area contributed by atoms with E-state index in [2.05, 4.69) is 30.5 Å². The Hall–Kier alpha value is -3.27. The number of hydrogen-bond donors (Lipinski definition) is 1. The van der Waals surface area contributed by atoms with Crippen molar-refractivity contribution in [3.63, 3.8) is 0 Å². The van der Waals surface area contributed by atoms with Crippen LogP contribution in [0.2, 0.25) is 0 Å². The van der Waals surface area contributed by atoms with Gasteiger partial charge in [0, 0.05) is 38.4 Å². The summed E-state index contributed by atoms with van der Waals surface area (Å²) in [5.74, 6) is 0. The maximum atomic E-state index is 12.7. The summed E-state index contributed by atoms with van der Waals surface area (Å²) in [6, 6.07) is 5.82. The molecule has 1 aliphatic rings. The van der Waals surface area contributed by atoms with Gasteiger partial charge in [-0.25, -0.2) is 9.78 Å². The zero-order valence-electron chi connectivity index (χ0n) is 15.8. The molecule has 2 amide bonds. The van der Waals surface area contributed by atoms with Crippen LogP contribution >= 0.6 is 0 Å². The number of anilines is 1. The maximum Gasteiger partial charge on any atom is 0.321 e. The van der Waals surface area contributed by atoms with Crippen LogP contribution in [0.4, 0.5) is 10.5 Å². The molecule has 1 fully saturated rings. The maximum absolute atomic E-state index is 12.7. The highest BCUT2D eigenvalue weighted by atomic mass is 16.2. The van der Waals surface area contributed by atoms with E-state index < -0.39 is 0 Å². The van der Waals surface area contributed by atoms with E-state index in [-0.39, 0.29) is 6.03 Å². The SMILES string of the molecule is Cc1ccc(-n2cnnc2)cc1NC(=O)N1CCN(CCn2cncn2)CC1. The topological polar surface area (TPSA) is 97.0 Å². The van der Waals surface area contributed by atoms with Gasteiger partial charge < -0.3 is 10.2 Å². The van der Waals surface area contributed by atoms with Gasteiger partial charge in [-0.15, -0.1) is 10.2 Å². The molecule has 1 saturated heterocycles. The quantitative estimate of drug-likeness (QED) is 0.709. The van der Waals surface area contributed by atoms with E-state index in [0.29, 0.717) is 13.1 Å². The van der Waals surface area contributed by atoms with Crippen molar-refractivity contribution in [3.05, 3.63) is 49.1 Å². The molecule has 0 atom stereocenters. The van der Waals surface area contributed by atoms with Crippen LogP contribution in [0.5, 0.6) is 0 Å². The van der Waals surface area contributed by atoms with Crippen molar-refractivity contribution < 1.29 is 4.79 Å². The van der Waals surface area contributed by atoms with Gasteiger partial charge in [-0.2, -0.15) is 5.10 Å². The van der Waals surface area contributed by atoms with Crippen LogP contribution in [-0.2, 0) is 6.54 Å². The Bertz CT molecular complexity index is 899. The summed E-state index contributed by atoms with van der Waals surface area (Å²) < 4.78 is 3.63. The van der Waals surface area contributed by atoms with Gasteiger partial charge in [0.25, 0.3) is 0 Å². The van der Waals surface area contributed by atoms with Crippen molar-refractivity contribution in [3.8, 4) is 5.69 Å². The number of nitrogens with zero attached hydrogens (tertiary/aromatic N) is 8. The summed E-state index contributed by atoms with van der Waals surface area (Å²) in [5, 5.41) is 14.8. The van der Waals surface area contributed by atoms with E-state index in [4.69, 9.17) is 0 Å². The standard InChI is InChI=1S/C18H23N9O/c1-15-2-3-16(26-13-20-21-14-26)10-17(15)23-18(28)25-7-4-24(5-8-25)6-9-27-12-19-11-22-27/h2-3,10-14H,4-9H2,1H3,(H,23,28). The van der Waals surface area contributed by atoms with Gasteiger partial charge in [-0.1, -0.05) is 6.07 Å². The van der Waals surface area contributed by atoms with E-state index >= 15 is 0 Å². The Kier molecular flexibility index (Phi) is 5.29. The van der Waals surface area contributed by atoms with Crippen LogP contribution in [0.3, 0.4) is 0 Å². The molecule has 28 heavy (non-hydrogen) atoms. The van der Waals surface area contributed by atoms with E-state index in [1.165, 1.54) is 0 Å². The first kappa shape index (κ1) is 18.1. The first-order valence-corrected chi connectivity index (χ1v) is 9.25. The zero-order valence-corrected chi connectivity index (χ0v) is 15.8. The fraction of sp³-hybridized carbons (Fsp3) is 0.389. The number of carbonyl (C=O) groups excluding carboxylic acids is 1. The minimum absolute atomic E-state index is 0.0695. The molecule has 0 bridgehead atoms. The van der Waals surface area contributed by atoms with Crippen LogP contribution in [0.15, 0.2) is 43.5 Å². The van der Waals surface area contributed by atoms with Crippen molar-refractivity contribution in [2.45, 2.75) is 13.5 Å². The molecule has 2 aromatic heterocycles. The molecule has 0 unspecified atom stereocenters. The minimum atomic E-state index is -0.0695. The van der Waals surface area contributed by atoms with Crippen LogP contribution in [0.1, 0.15) is 5.56 Å². The third-order valence-corrected chi connectivity index (χ3v) is 4.95. The molecule has 3 heterocycles. The zero-order chi connectivity index (χ0) is 19.3. The van der Waals surface area contributed by atoms with Gasteiger partial charge in [0.05, 0.1) is 12.2 Å². The summed E-state index contributed by atoms with van der Waals surface area (Å²) >= 11 is 0. The Morgan fingerprint density at radius 1 is 1.07 bits per heavy atom. The number of hydrogen-bond acceptors (Lipinski definition) is 6. The highest BCUT2D eigenvalue weighted by Gasteiger charge is 2.21. The lowest BCUT2D eigenvalue weighted by Gasteiger charge is -2.34. The van der Waals surface area contributed by atoms with Crippen LogP contribution in [-0.4, -0.2) is 78.1 Å². The van der Waals surface area contributed by atoms with Crippen LogP contribution < -0.4 is 5.32 Å². The molecule has 1 aromatic carbocycles. The van der Waals surface area contributed by atoms with Crippen molar-refractivity contribution in [1.82, 2.24) is 39.3 Å². The predicted molar refractivity (Wildman–Crippen MR) is 103 cm³/mol. The normalized spacial score (nSPS) is 15.0. The summed E-state index contributed by atoms with van der Waals surface area (Å²) in [6.07, 6.45) is 6.53. The smallest absolute Gasteiger partial charge is 0.321 e. The Morgan fingerprint density at radius 2 is 1.86 bits per heavy atom. The molecule has 0 aliphatic carbocycles. The Labute approximate surface area is 162 Å². The van der Waals surface area contributed by atoms with Gasteiger partial charge in [0.15, 0.2) is 0 Å². The number of aromatic nitrogens is 6. The van der Waals surface area contributed by atoms with E-state index in [1.54, 1.807) is 25.3 Å². The number of nitrogens with one attached hydrogen (secondary N) is 1. The summed E-state index contributed by atoms with van der Waals surface area (Å²) in [6.45, 7) is 6.79. The van der Waals surface area contributed by atoms with Gasteiger partial charge in [0.2, 0.25) is 0 Å². The van der Waals surface area contributed by atoms with Crippen molar-refractivity contribution in [2.24, 2.45) is 0 Å². The average molecular weight is 381 g/mol. The highest BCUT2D eigenvalue weighted by molar-refractivity contribution is 5.90. The lowest BCUT2D eigenvalue weighted by molar-refractivity contribution is 0.143. The fourth-order valence-corrected chi connectivity index (χ4v) is 3.20. The highest BCUT2D eigenvalue weighted by Crippen LogP contribution is 2.20. The van der Waals surface area contributed by atoms with Crippen LogP contribution in [0, 0.1) is 6.92 Å². The van der Waals surface area contributed by atoms with E-state index in [0.717, 1.165) is 43.1 Å². The summed E-state index contributed by atoms with van der Waals surface area (Å²) in [5.41, 5.74) is 2.71. The number of amides is 2. The molecular weight excluding hydrogens is 358 g/mol. The molecule has 1 aliphatic heterocycles. The third-order valence-electron chi connectivity index (χ3n) is 4.95. The van der Waals surface area contributed by atoms with Crippen molar-refractivity contribution in [1.29, 1.82) is 0 Å². The molecule has 4 rings (SSSR count). The molecule has 0 radical (unpaired) electrons. The van der Waals surface area contributed by atoms with E-state index in [9.17, 15) is 4.79 Å². The molecule has 10 nitrogen and oxygen atoms in total.